The lowest BCUT2D eigenvalue weighted by Gasteiger charge is -2.10. The summed E-state index contributed by atoms with van der Waals surface area (Å²) < 4.78 is 10.6. The minimum atomic E-state index is 0.734. The van der Waals surface area contributed by atoms with E-state index in [-0.39, 0.29) is 0 Å². The van der Waals surface area contributed by atoms with E-state index in [9.17, 15) is 0 Å². The van der Waals surface area contributed by atoms with Crippen LogP contribution in [-0.2, 0) is 0 Å². The highest BCUT2D eigenvalue weighted by Crippen LogP contribution is 2.36. The number of benzene rings is 1. The van der Waals surface area contributed by atoms with Gasteiger partial charge in [0.2, 0.25) is 0 Å². The van der Waals surface area contributed by atoms with Gasteiger partial charge in [-0.15, -0.1) is 0 Å². The van der Waals surface area contributed by atoms with Crippen molar-refractivity contribution in [3.63, 3.8) is 0 Å². The van der Waals surface area contributed by atoms with Crippen molar-refractivity contribution in [2.45, 2.75) is 6.92 Å². The number of aromatic nitrogens is 2. The molecule has 5 heteroatoms. The van der Waals surface area contributed by atoms with E-state index in [1.807, 2.05) is 32.2 Å². The number of hydrogen-bond donors (Lipinski definition) is 2. The fraction of sp³-hybridized carbons (Fsp3) is 0.308. The molecule has 0 fully saturated rings. The normalized spacial score (nSPS) is 10.2. The molecule has 2 aromatic rings. The zero-order valence-corrected chi connectivity index (χ0v) is 11.0. The molecule has 0 radical (unpaired) electrons. The summed E-state index contributed by atoms with van der Waals surface area (Å²) in [5.74, 6) is 1.49. The Labute approximate surface area is 106 Å². The number of anilines is 1. The van der Waals surface area contributed by atoms with Gasteiger partial charge < -0.3 is 14.8 Å². The maximum atomic E-state index is 5.39. The Hall–Kier alpha value is -2.17. The van der Waals surface area contributed by atoms with Gasteiger partial charge >= 0.3 is 0 Å². The van der Waals surface area contributed by atoms with Crippen molar-refractivity contribution in [2.75, 3.05) is 26.6 Å². The number of aryl methyl sites for hydroxylation is 1. The molecule has 2 N–H and O–H groups in total. The molecule has 1 heterocycles. The van der Waals surface area contributed by atoms with E-state index in [1.165, 1.54) is 0 Å². The van der Waals surface area contributed by atoms with E-state index < -0.39 is 0 Å². The van der Waals surface area contributed by atoms with Gasteiger partial charge in [-0.2, -0.15) is 5.10 Å². The highest BCUT2D eigenvalue weighted by molar-refractivity contribution is 5.80. The zero-order valence-electron chi connectivity index (χ0n) is 11.0. The van der Waals surface area contributed by atoms with Gasteiger partial charge in [0.05, 0.1) is 25.6 Å². The molecular formula is C13H17N3O2. The maximum absolute atomic E-state index is 5.39. The average molecular weight is 247 g/mol. The van der Waals surface area contributed by atoms with Crippen LogP contribution in [0.15, 0.2) is 18.2 Å². The Kier molecular flexibility index (Phi) is 3.41. The SMILES string of the molecule is CNc1c(-c2ccc(OC)cc2OC)n[nH]c1C. The smallest absolute Gasteiger partial charge is 0.132 e. The number of methoxy groups -OCH3 is 2. The predicted molar refractivity (Wildman–Crippen MR) is 71.4 cm³/mol. The average Bonchev–Trinajstić information content (AvgIpc) is 2.78. The van der Waals surface area contributed by atoms with Crippen LogP contribution >= 0.6 is 0 Å². The summed E-state index contributed by atoms with van der Waals surface area (Å²) in [5, 5.41) is 10.4. The van der Waals surface area contributed by atoms with Crippen LogP contribution in [0.1, 0.15) is 5.69 Å². The Morgan fingerprint density at radius 2 is 2.00 bits per heavy atom. The summed E-state index contributed by atoms with van der Waals surface area (Å²) in [6, 6.07) is 5.67. The van der Waals surface area contributed by atoms with Crippen molar-refractivity contribution in [1.29, 1.82) is 0 Å². The van der Waals surface area contributed by atoms with Gasteiger partial charge in [-0.1, -0.05) is 0 Å². The first-order valence-electron chi connectivity index (χ1n) is 5.66. The lowest BCUT2D eigenvalue weighted by Crippen LogP contribution is -1.94. The molecular weight excluding hydrogens is 230 g/mol. The first-order valence-corrected chi connectivity index (χ1v) is 5.66. The molecule has 2 rings (SSSR count). The Bertz CT molecular complexity index is 549. The third-order valence-corrected chi connectivity index (χ3v) is 2.86. The topological polar surface area (TPSA) is 59.2 Å². The molecule has 0 bridgehead atoms. The fourth-order valence-electron chi connectivity index (χ4n) is 1.92. The number of hydrogen-bond acceptors (Lipinski definition) is 4. The van der Waals surface area contributed by atoms with Gasteiger partial charge in [0.1, 0.15) is 17.2 Å². The first kappa shape index (κ1) is 12.3. The standard InChI is InChI=1S/C13H17N3O2/c1-8-12(14-2)13(16-15-8)10-6-5-9(17-3)7-11(10)18-4/h5-7,14H,1-4H3,(H,15,16). The molecule has 0 aliphatic carbocycles. The molecule has 18 heavy (non-hydrogen) atoms. The van der Waals surface area contributed by atoms with Crippen LogP contribution in [0.4, 0.5) is 5.69 Å². The number of nitrogens with zero attached hydrogens (tertiary/aromatic N) is 1. The zero-order chi connectivity index (χ0) is 13.1. The second-order valence-corrected chi connectivity index (χ2v) is 3.89. The van der Waals surface area contributed by atoms with Crippen LogP contribution in [0.25, 0.3) is 11.3 Å². The first-order chi connectivity index (χ1) is 8.71. The van der Waals surface area contributed by atoms with E-state index in [2.05, 4.69) is 15.5 Å². The molecule has 96 valence electrons. The van der Waals surface area contributed by atoms with Crippen molar-refractivity contribution in [3.8, 4) is 22.8 Å². The lowest BCUT2D eigenvalue weighted by molar-refractivity contribution is 0.395. The van der Waals surface area contributed by atoms with Crippen LogP contribution in [0, 0.1) is 6.92 Å². The highest BCUT2D eigenvalue weighted by atomic mass is 16.5. The van der Waals surface area contributed by atoms with E-state index in [0.29, 0.717) is 0 Å². The van der Waals surface area contributed by atoms with Crippen LogP contribution in [0.2, 0.25) is 0 Å². The largest absolute Gasteiger partial charge is 0.497 e. The Balaban J connectivity index is 2.56. The summed E-state index contributed by atoms with van der Waals surface area (Å²) in [6.07, 6.45) is 0. The van der Waals surface area contributed by atoms with Gasteiger partial charge in [-0.3, -0.25) is 5.10 Å². The van der Waals surface area contributed by atoms with Crippen molar-refractivity contribution < 1.29 is 9.47 Å². The van der Waals surface area contributed by atoms with E-state index in [0.717, 1.165) is 34.1 Å². The van der Waals surface area contributed by atoms with E-state index in [4.69, 9.17) is 9.47 Å². The number of nitrogens with one attached hydrogen (secondary N) is 2. The number of aromatic amines is 1. The minimum absolute atomic E-state index is 0.734. The molecule has 1 aromatic heterocycles. The molecule has 0 aliphatic rings. The van der Waals surface area contributed by atoms with Gasteiger partial charge in [0, 0.05) is 18.7 Å². The lowest BCUT2D eigenvalue weighted by atomic mass is 10.1. The molecule has 0 atom stereocenters. The Morgan fingerprint density at radius 1 is 1.22 bits per heavy atom. The molecule has 0 saturated carbocycles. The molecule has 5 nitrogen and oxygen atoms in total. The van der Waals surface area contributed by atoms with Crippen LogP contribution in [0.5, 0.6) is 11.5 Å². The summed E-state index contributed by atoms with van der Waals surface area (Å²) in [5.41, 5.74) is 3.73. The van der Waals surface area contributed by atoms with Crippen molar-refractivity contribution in [2.24, 2.45) is 0 Å². The van der Waals surface area contributed by atoms with E-state index in [1.54, 1.807) is 14.2 Å². The van der Waals surface area contributed by atoms with Crippen LogP contribution < -0.4 is 14.8 Å². The molecule has 0 amide bonds. The van der Waals surface area contributed by atoms with Gasteiger partial charge in [0.25, 0.3) is 0 Å². The third kappa shape index (κ3) is 1.99. The maximum Gasteiger partial charge on any atom is 0.132 e. The van der Waals surface area contributed by atoms with E-state index >= 15 is 0 Å². The summed E-state index contributed by atoms with van der Waals surface area (Å²) >= 11 is 0. The summed E-state index contributed by atoms with van der Waals surface area (Å²) in [4.78, 5) is 0. The number of rotatable bonds is 4. The van der Waals surface area contributed by atoms with Crippen LogP contribution in [-0.4, -0.2) is 31.5 Å². The monoisotopic (exact) mass is 247 g/mol. The number of H-pyrrole nitrogens is 1. The second-order valence-electron chi connectivity index (χ2n) is 3.89. The van der Waals surface area contributed by atoms with Gasteiger partial charge in [-0.05, 0) is 19.1 Å². The molecule has 1 aromatic carbocycles. The van der Waals surface area contributed by atoms with Gasteiger partial charge in [0.15, 0.2) is 0 Å². The molecule has 0 spiro atoms. The predicted octanol–water partition coefficient (Wildman–Crippen LogP) is 2.44. The molecule has 0 saturated heterocycles. The fourth-order valence-corrected chi connectivity index (χ4v) is 1.92. The summed E-state index contributed by atoms with van der Waals surface area (Å²) in [6.45, 7) is 1.97. The number of ether oxygens (including phenoxy) is 2. The summed E-state index contributed by atoms with van der Waals surface area (Å²) in [7, 11) is 5.14. The quantitative estimate of drug-likeness (QED) is 0.871. The second kappa shape index (κ2) is 5.00. The van der Waals surface area contributed by atoms with Crippen LogP contribution in [0.3, 0.4) is 0 Å². The highest BCUT2D eigenvalue weighted by Gasteiger charge is 2.15. The van der Waals surface area contributed by atoms with Crippen molar-refractivity contribution in [1.82, 2.24) is 10.2 Å². The van der Waals surface area contributed by atoms with Crippen molar-refractivity contribution in [3.05, 3.63) is 23.9 Å². The molecule has 0 aliphatic heterocycles. The third-order valence-electron chi connectivity index (χ3n) is 2.86. The van der Waals surface area contributed by atoms with Gasteiger partial charge in [-0.25, -0.2) is 0 Å². The van der Waals surface area contributed by atoms with Crippen molar-refractivity contribution >= 4 is 5.69 Å². The molecule has 0 unspecified atom stereocenters. The minimum Gasteiger partial charge on any atom is -0.497 e. The Morgan fingerprint density at radius 3 is 2.61 bits per heavy atom.